The fraction of sp³-hybridized carbons (Fsp3) is 0.471. The highest BCUT2D eigenvalue weighted by molar-refractivity contribution is 5.92. The van der Waals surface area contributed by atoms with E-state index in [1.54, 1.807) is 33.5 Å². The summed E-state index contributed by atoms with van der Waals surface area (Å²) in [6.45, 7) is 2.82. The lowest BCUT2D eigenvalue weighted by Crippen LogP contribution is -2.21. The Morgan fingerprint density at radius 3 is 2.41 bits per heavy atom. The van der Waals surface area contributed by atoms with Crippen molar-refractivity contribution in [3.63, 3.8) is 0 Å². The smallest absolute Gasteiger partial charge is 0.244 e. The van der Waals surface area contributed by atoms with Gasteiger partial charge in [0, 0.05) is 18.2 Å². The van der Waals surface area contributed by atoms with Crippen LogP contribution in [0, 0.1) is 0 Å². The molecule has 0 radical (unpaired) electrons. The molecule has 1 aromatic rings. The normalized spacial score (nSPS) is 10.5. The zero-order chi connectivity index (χ0) is 16.4. The molecule has 1 aromatic carbocycles. The quantitative estimate of drug-likeness (QED) is 0.563. The Labute approximate surface area is 132 Å². The van der Waals surface area contributed by atoms with Crippen LogP contribution in [0.15, 0.2) is 18.2 Å². The highest BCUT2D eigenvalue weighted by Gasteiger charge is 2.14. The largest absolute Gasteiger partial charge is 0.493 e. The molecular formula is C17H25NO4. The molecule has 1 rings (SSSR count). The summed E-state index contributed by atoms with van der Waals surface area (Å²) in [6, 6.07) is 3.60. The van der Waals surface area contributed by atoms with E-state index in [0.717, 1.165) is 24.8 Å². The Balaban J connectivity index is 2.80. The minimum Gasteiger partial charge on any atom is -0.493 e. The molecule has 0 saturated heterocycles. The van der Waals surface area contributed by atoms with E-state index in [0.29, 0.717) is 23.8 Å². The fourth-order valence-corrected chi connectivity index (χ4v) is 2.07. The third-order valence-electron chi connectivity index (χ3n) is 3.23. The summed E-state index contributed by atoms with van der Waals surface area (Å²) in [5.74, 6) is 1.51. The summed E-state index contributed by atoms with van der Waals surface area (Å²) >= 11 is 0. The van der Waals surface area contributed by atoms with E-state index in [1.807, 2.05) is 6.07 Å². The van der Waals surface area contributed by atoms with Crippen LogP contribution in [0.3, 0.4) is 0 Å². The van der Waals surface area contributed by atoms with Crippen molar-refractivity contribution in [1.29, 1.82) is 0 Å². The SMILES string of the molecule is CCCCCNC(=O)/C=C/c1ccc(OC)c(OC)c1OC. The van der Waals surface area contributed by atoms with Crippen LogP contribution in [0.5, 0.6) is 17.2 Å². The van der Waals surface area contributed by atoms with E-state index in [2.05, 4.69) is 12.2 Å². The summed E-state index contributed by atoms with van der Waals surface area (Å²) in [6.07, 6.45) is 6.45. The van der Waals surface area contributed by atoms with Gasteiger partial charge in [0.25, 0.3) is 0 Å². The molecular weight excluding hydrogens is 282 g/mol. The molecule has 5 heteroatoms. The number of carbonyl (C=O) groups excluding carboxylic acids is 1. The minimum absolute atomic E-state index is 0.118. The number of unbranched alkanes of at least 4 members (excludes halogenated alkanes) is 2. The molecule has 0 heterocycles. The predicted octanol–water partition coefficient (Wildman–Crippen LogP) is 3.03. The second-order valence-corrected chi connectivity index (χ2v) is 4.76. The Hall–Kier alpha value is -2.17. The maximum absolute atomic E-state index is 11.8. The molecule has 1 amide bonds. The summed E-state index contributed by atoms with van der Waals surface area (Å²) in [4.78, 5) is 11.8. The van der Waals surface area contributed by atoms with Gasteiger partial charge < -0.3 is 19.5 Å². The second-order valence-electron chi connectivity index (χ2n) is 4.76. The molecule has 1 N–H and O–H groups in total. The second kappa shape index (κ2) is 9.71. The number of methoxy groups -OCH3 is 3. The number of benzene rings is 1. The van der Waals surface area contributed by atoms with Crippen LogP contribution in [0.1, 0.15) is 31.7 Å². The topological polar surface area (TPSA) is 56.8 Å². The molecule has 0 aliphatic carbocycles. The Morgan fingerprint density at radius 1 is 1.09 bits per heavy atom. The number of nitrogens with one attached hydrogen (secondary N) is 1. The van der Waals surface area contributed by atoms with Gasteiger partial charge >= 0.3 is 0 Å². The van der Waals surface area contributed by atoms with E-state index in [1.165, 1.54) is 6.08 Å². The molecule has 0 aromatic heterocycles. The average molecular weight is 307 g/mol. The molecule has 0 unspecified atom stereocenters. The number of amides is 1. The molecule has 0 bridgehead atoms. The first-order valence-electron chi connectivity index (χ1n) is 7.42. The van der Waals surface area contributed by atoms with E-state index < -0.39 is 0 Å². The molecule has 0 aliphatic rings. The van der Waals surface area contributed by atoms with E-state index in [9.17, 15) is 4.79 Å². The lowest BCUT2D eigenvalue weighted by Gasteiger charge is -2.13. The van der Waals surface area contributed by atoms with Crippen molar-refractivity contribution in [1.82, 2.24) is 5.32 Å². The maximum atomic E-state index is 11.8. The standard InChI is InChI=1S/C17H25NO4/c1-5-6-7-12-18-15(19)11-9-13-8-10-14(20-2)17(22-4)16(13)21-3/h8-11H,5-7,12H2,1-4H3,(H,18,19)/b11-9+. The van der Waals surface area contributed by atoms with Gasteiger partial charge in [-0.15, -0.1) is 0 Å². The monoisotopic (exact) mass is 307 g/mol. The van der Waals surface area contributed by atoms with Crippen LogP contribution in [0.25, 0.3) is 6.08 Å². The van der Waals surface area contributed by atoms with E-state index >= 15 is 0 Å². The summed E-state index contributed by atoms with van der Waals surface area (Å²) in [5.41, 5.74) is 0.754. The summed E-state index contributed by atoms with van der Waals surface area (Å²) in [7, 11) is 4.67. The van der Waals surface area contributed by atoms with Gasteiger partial charge in [-0.3, -0.25) is 4.79 Å². The molecule has 0 atom stereocenters. The van der Waals surface area contributed by atoms with Crippen molar-refractivity contribution >= 4 is 12.0 Å². The van der Waals surface area contributed by atoms with Crippen LogP contribution in [0.2, 0.25) is 0 Å². The van der Waals surface area contributed by atoms with Crippen LogP contribution in [0.4, 0.5) is 0 Å². The Kier molecular flexibility index (Phi) is 7.89. The Bertz CT molecular complexity index is 512. The fourth-order valence-electron chi connectivity index (χ4n) is 2.07. The number of carbonyl (C=O) groups is 1. The van der Waals surface area contributed by atoms with E-state index in [-0.39, 0.29) is 5.91 Å². The van der Waals surface area contributed by atoms with Gasteiger partial charge in [-0.2, -0.15) is 0 Å². The van der Waals surface area contributed by atoms with Gasteiger partial charge in [0.2, 0.25) is 11.7 Å². The first kappa shape index (κ1) is 17.9. The molecule has 122 valence electrons. The van der Waals surface area contributed by atoms with Crippen LogP contribution < -0.4 is 19.5 Å². The lowest BCUT2D eigenvalue weighted by molar-refractivity contribution is -0.116. The molecule has 0 aliphatic heterocycles. The van der Waals surface area contributed by atoms with Gasteiger partial charge in [-0.1, -0.05) is 19.8 Å². The molecule has 5 nitrogen and oxygen atoms in total. The number of hydrogen-bond donors (Lipinski definition) is 1. The molecule has 0 fully saturated rings. The van der Waals surface area contributed by atoms with Gasteiger partial charge in [0.05, 0.1) is 21.3 Å². The van der Waals surface area contributed by atoms with Crippen LogP contribution in [-0.4, -0.2) is 33.8 Å². The van der Waals surface area contributed by atoms with Crippen molar-refractivity contribution in [2.24, 2.45) is 0 Å². The minimum atomic E-state index is -0.118. The first-order valence-corrected chi connectivity index (χ1v) is 7.42. The highest BCUT2D eigenvalue weighted by Crippen LogP contribution is 2.40. The average Bonchev–Trinajstić information content (AvgIpc) is 2.55. The predicted molar refractivity (Wildman–Crippen MR) is 87.7 cm³/mol. The number of rotatable bonds is 9. The van der Waals surface area contributed by atoms with Crippen molar-refractivity contribution in [2.45, 2.75) is 26.2 Å². The van der Waals surface area contributed by atoms with Gasteiger partial charge in [0.15, 0.2) is 11.5 Å². The molecule has 0 saturated carbocycles. The number of ether oxygens (including phenoxy) is 3. The van der Waals surface area contributed by atoms with Gasteiger partial charge in [-0.25, -0.2) is 0 Å². The maximum Gasteiger partial charge on any atom is 0.244 e. The lowest BCUT2D eigenvalue weighted by atomic mass is 10.1. The first-order chi connectivity index (χ1) is 10.7. The van der Waals surface area contributed by atoms with E-state index in [4.69, 9.17) is 14.2 Å². The van der Waals surface area contributed by atoms with Gasteiger partial charge in [0.1, 0.15) is 0 Å². The summed E-state index contributed by atoms with van der Waals surface area (Å²) in [5, 5.41) is 2.85. The molecule has 0 spiro atoms. The third-order valence-corrected chi connectivity index (χ3v) is 3.23. The summed E-state index contributed by atoms with van der Waals surface area (Å²) < 4.78 is 15.9. The van der Waals surface area contributed by atoms with Crippen molar-refractivity contribution in [3.8, 4) is 17.2 Å². The van der Waals surface area contributed by atoms with Crippen LogP contribution >= 0.6 is 0 Å². The van der Waals surface area contributed by atoms with Crippen LogP contribution in [-0.2, 0) is 4.79 Å². The number of hydrogen-bond acceptors (Lipinski definition) is 4. The zero-order valence-electron chi connectivity index (χ0n) is 13.8. The van der Waals surface area contributed by atoms with Crippen molar-refractivity contribution in [3.05, 3.63) is 23.8 Å². The van der Waals surface area contributed by atoms with Crippen molar-refractivity contribution < 1.29 is 19.0 Å². The highest BCUT2D eigenvalue weighted by atomic mass is 16.5. The molecule has 22 heavy (non-hydrogen) atoms. The zero-order valence-corrected chi connectivity index (χ0v) is 13.8. The third kappa shape index (κ3) is 4.98. The Morgan fingerprint density at radius 2 is 1.82 bits per heavy atom. The van der Waals surface area contributed by atoms with Crippen molar-refractivity contribution in [2.75, 3.05) is 27.9 Å². The van der Waals surface area contributed by atoms with Gasteiger partial charge in [-0.05, 0) is 24.6 Å².